The van der Waals surface area contributed by atoms with Crippen molar-refractivity contribution < 1.29 is 18.0 Å². The first-order chi connectivity index (χ1) is 14.9. The Morgan fingerprint density at radius 3 is 2.26 bits per heavy atom. The minimum Gasteiger partial charge on any atom is -0.341 e. The molecule has 0 bridgehead atoms. The third kappa shape index (κ3) is 4.51. The number of benzene rings is 2. The topological polar surface area (TPSA) is 74.8 Å². The van der Waals surface area contributed by atoms with Gasteiger partial charge in [-0.25, -0.2) is 12.7 Å². The Morgan fingerprint density at radius 2 is 1.61 bits per heavy atom. The lowest BCUT2D eigenvalue weighted by Gasteiger charge is -2.35. The zero-order valence-corrected chi connectivity index (χ0v) is 18.6. The Bertz CT molecular complexity index is 1040. The van der Waals surface area contributed by atoms with Crippen LogP contribution in [0.15, 0.2) is 59.5 Å². The van der Waals surface area contributed by atoms with E-state index in [0.29, 0.717) is 19.0 Å². The lowest BCUT2D eigenvalue weighted by Crippen LogP contribution is -2.51. The van der Waals surface area contributed by atoms with Crippen molar-refractivity contribution in [3.05, 3.63) is 65.7 Å². The summed E-state index contributed by atoms with van der Waals surface area (Å²) in [5.74, 6) is -0.248. The highest BCUT2D eigenvalue weighted by Crippen LogP contribution is 2.30. The summed E-state index contributed by atoms with van der Waals surface area (Å²) in [6.45, 7) is 3.06. The third-order valence-electron chi connectivity index (χ3n) is 6.32. The molecule has 0 spiro atoms. The van der Waals surface area contributed by atoms with E-state index in [-0.39, 0.29) is 23.6 Å². The highest BCUT2D eigenvalue weighted by Gasteiger charge is 2.45. The normalized spacial score (nSPS) is 20.3. The highest BCUT2D eigenvalue weighted by molar-refractivity contribution is 7.89. The summed E-state index contributed by atoms with van der Waals surface area (Å²) in [5.41, 5.74) is 2.22. The van der Waals surface area contributed by atoms with Gasteiger partial charge in [0.1, 0.15) is 6.04 Å². The summed E-state index contributed by atoms with van der Waals surface area (Å²) in [5, 5.41) is 0. The van der Waals surface area contributed by atoms with E-state index in [9.17, 15) is 18.0 Å². The minimum absolute atomic E-state index is 0.0488. The number of hydrogen-bond acceptors (Lipinski definition) is 4. The molecule has 0 N–H and O–H groups in total. The summed E-state index contributed by atoms with van der Waals surface area (Å²) in [4.78, 5) is 27.5. The maximum absolute atomic E-state index is 13.2. The molecule has 1 unspecified atom stereocenters. The van der Waals surface area contributed by atoms with Crippen molar-refractivity contribution >= 4 is 21.8 Å². The Morgan fingerprint density at radius 1 is 0.968 bits per heavy atom. The number of aryl methyl sites for hydroxylation is 1. The number of hydrogen-bond donors (Lipinski definition) is 0. The average Bonchev–Trinajstić information content (AvgIpc) is 3.17. The molecule has 0 aliphatic carbocycles. The summed E-state index contributed by atoms with van der Waals surface area (Å²) in [6.07, 6.45) is 3.06. The van der Waals surface area contributed by atoms with Gasteiger partial charge in [-0.1, -0.05) is 48.0 Å². The van der Waals surface area contributed by atoms with Crippen molar-refractivity contribution in [1.82, 2.24) is 9.21 Å². The van der Waals surface area contributed by atoms with E-state index in [2.05, 4.69) is 12.1 Å². The van der Waals surface area contributed by atoms with Crippen LogP contribution in [0.5, 0.6) is 0 Å². The Balaban J connectivity index is 1.44. The fraction of sp³-hybridized carbons (Fsp3) is 0.417. The van der Waals surface area contributed by atoms with E-state index in [1.807, 2.05) is 25.1 Å². The van der Waals surface area contributed by atoms with Crippen LogP contribution in [-0.4, -0.2) is 48.6 Å². The molecular formula is C24H28N2O4S. The number of amides is 2. The molecule has 31 heavy (non-hydrogen) atoms. The molecule has 164 valence electrons. The first kappa shape index (κ1) is 21.6. The van der Waals surface area contributed by atoms with Crippen LogP contribution >= 0.6 is 0 Å². The van der Waals surface area contributed by atoms with Crippen LogP contribution in [0.2, 0.25) is 0 Å². The van der Waals surface area contributed by atoms with Crippen LogP contribution in [0.25, 0.3) is 0 Å². The molecule has 2 aromatic carbocycles. The fourth-order valence-electron chi connectivity index (χ4n) is 4.53. The number of sulfonamides is 1. The van der Waals surface area contributed by atoms with Gasteiger partial charge < -0.3 is 4.90 Å². The van der Waals surface area contributed by atoms with E-state index in [4.69, 9.17) is 0 Å². The molecule has 2 saturated heterocycles. The number of piperidine rings is 1. The Labute approximate surface area is 183 Å². The van der Waals surface area contributed by atoms with Crippen LogP contribution in [0.1, 0.15) is 36.8 Å². The predicted molar refractivity (Wildman–Crippen MR) is 118 cm³/mol. The van der Waals surface area contributed by atoms with Gasteiger partial charge in [0.05, 0.1) is 4.90 Å². The van der Waals surface area contributed by atoms with Gasteiger partial charge in [0.25, 0.3) is 10.0 Å². The molecule has 4 rings (SSSR count). The lowest BCUT2D eigenvalue weighted by atomic mass is 9.90. The second-order valence-electron chi connectivity index (χ2n) is 8.52. The van der Waals surface area contributed by atoms with Crippen LogP contribution in [-0.2, 0) is 26.0 Å². The number of nitrogens with zero attached hydrogens (tertiary/aromatic N) is 2. The Kier molecular flexibility index (Phi) is 6.14. The van der Waals surface area contributed by atoms with Crippen LogP contribution in [0, 0.1) is 12.8 Å². The molecule has 0 saturated carbocycles. The number of carbonyl (C=O) groups excluding carboxylic acids is 2. The van der Waals surface area contributed by atoms with Crippen molar-refractivity contribution in [3.63, 3.8) is 0 Å². The number of rotatable bonds is 5. The molecule has 0 radical (unpaired) electrons. The van der Waals surface area contributed by atoms with Crippen LogP contribution in [0.3, 0.4) is 0 Å². The third-order valence-corrected chi connectivity index (χ3v) is 8.16. The van der Waals surface area contributed by atoms with Gasteiger partial charge in [0, 0.05) is 19.5 Å². The van der Waals surface area contributed by atoms with Crippen LogP contribution < -0.4 is 0 Å². The molecule has 2 fully saturated rings. The quantitative estimate of drug-likeness (QED) is 0.716. The fourth-order valence-corrected chi connectivity index (χ4v) is 6.12. The first-order valence-corrected chi connectivity index (χ1v) is 12.3. The monoisotopic (exact) mass is 440 g/mol. The number of carbonyl (C=O) groups is 2. The van der Waals surface area contributed by atoms with Gasteiger partial charge in [-0.2, -0.15) is 0 Å². The Hall–Kier alpha value is -2.67. The standard InChI is InChI=1S/C24H28N2O4S/c1-18-7-9-21(10-8-18)31(29,30)26-22(11-12-23(26)27)24(28)25-15-13-20(14-16-25)17-19-5-3-2-4-6-19/h2-10,20,22H,11-17H2,1H3. The maximum Gasteiger partial charge on any atom is 0.267 e. The predicted octanol–water partition coefficient (Wildman–Crippen LogP) is 3.16. The van der Waals surface area contributed by atoms with Crippen molar-refractivity contribution in [1.29, 1.82) is 0 Å². The first-order valence-electron chi connectivity index (χ1n) is 10.8. The second kappa shape index (κ2) is 8.83. The van der Waals surface area contributed by atoms with Gasteiger partial charge in [-0.15, -0.1) is 0 Å². The molecule has 6 nitrogen and oxygen atoms in total. The van der Waals surface area contributed by atoms with E-state index in [1.54, 1.807) is 17.0 Å². The van der Waals surface area contributed by atoms with Crippen molar-refractivity contribution in [2.45, 2.75) is 50.0 Å². The van der Waals surface area contributed by atoms with E-state index >= 15 is 0 Å². The molecule has 2 aliphatic heterocycles. The largest absolute Gasteiger partial charge is 0.341 e. The summed E-state index contributed by atoms with van der Waals surface area (Å²) in [6, 6.07) is 15.8. The summed E-state index contributed by atoms with van der Waals surface area (Å²) >= 11 is 0. The molecule has 2 aromatic rings. The van der Waals surface area contributed by atoms with Gasteiger partial charge >= 0.3 is 0 Å². The van der Waals surface area contributed by atoms with Gasteiger partial charge in [0.15, 0.2) is 0 Å². The van der Waals surface area contributed by atoms with E-state index in [0.717, 1.165) is 29.1 Å². The molecular weight excluding hydrogens is 412 g/mol. The maximum atomic E-state index is 13.2. The molecule has 0 aromatic heterocycles. The van der Waals surface area contributed by atoms with Gasteiger partial charge in [-0.05, 0) is 56.2 Å². The molecule has 1 atom stereocenters. The van der Waals surface area contributed by atoms with Gasteiger partial charge in [-0.3, -0.25) is 9.59 Å². The van der Waals surface area contributed by atoms with Crippen LogP contribution in [0.4, 0.5) is 0 Å². The molecule has 2 aliphatic rings. The highest BCUT2D eigenvalue weighted by atomic mass is 32.2. The lowest BCUT2D eigenvalue weighted by molar-refractivity contribution is -0.139. The number of likely N-dealkylation sites (tertiary alicyclic amines) is 1. The average molecular weight is 441 g/mol. The van der Waals surface area contributed by atoms with Crippen molar-refractivity contribution in [3.8, 4) is 0 Å². The summed E-state index contributed by atoms with van der Waals surface area (Å²) in [7, 11) is -4.05. The smallest absolute Gasteiger partial charge is 0.267 e. The van der Waals surface area contributed by atoms with Gasteiger partial charge in [0.2, 0.25) is 11.8 Å². The summed E-state index contributed by atoms with van der Waals surface area (Å²) < 4.78 is 27.1. The zero-order valence-electron chi connectivity index (χ0n) is 17.7. The van der Waals surface area contributed by atoms with E-state index in [1.165, 1.54) is 17.7 Å². The minimum atomic E-state index is -4.05. The zero-order chi connectivity index (χ0) is 22.0. The van der Waals surface area contributed by atoms with E-state index < -0.39 is 22.0 Å². The van der Waals surface area contributed by atoms with Crippen molar-refractivity contribution in [2.75, 3.05) is 13.1 Å². The second-order valence-corrected chi connectivity index (χ2v) is 10.3. The molecule has 2 amide bonds. The molecule has 2 heterocycles. The molecule has 7 heteroatoms. The SMILES string of the molecule is Cc1ccc(S(=O)(=O)N2C(=O)CCC2C(=O)N2CCC(Cc3ccccc3)CC2)cc1. The van der Waals surface area contributed by atoms with Crippen molar-refractivity contribution in [2.24, 2.45) is 5.92 Å².